The zero-order valence-electron chi connectivity index (χ0n) is 12.4. The van der Waals surface area contributed by atoms with Crippen molar-refractivity contribution in [3.63, 3.8) is 0 Å². The van der Waals surface area contributed by atoms with Crippen molar-refractivity contribution in [2.45, 2.75) is 63.8 Å². The van der Waals surface area contributed by atoms with Gasteiger partial charge in [0.15, 0.2) is 0 Å². The Balaban J connectivity index is 1.74. The molecule has 3 rings (SSSR count). The number of anilines is 1. The zero-order valence-corrected chi connectivity index (χ0v) is 12.4. The van der Waals surface area contributed by atoms with E-state index < -0.39 is 0 Å². The first-order valence-corrected chi connectivity index (χ1v) is 7.53. The highest BCUT2D eigenvalue weighted by Crippen LogP contribution is 2.39. The van der Waals surface area contributed by atoms with Gasteiger partial charge in [0.25, 0.3) is 0 Å². The SMILES string of the molecule is CNc1cc(OC2CC(C)OC(C)C2)nc(C2CC2)n1. The molecule has 1 aromatic heterocycles. The Hall–Kier alpha value is -1.36. The Morgan fingerprint density at radius 1 is 1.20 bits per heavy atom. The summed E-state index contributed by atoms with van der Waals surface area (Å²) < 4.78 is 11.8. The van der Waals surface area contributed by atoms with Crippen LogP contribution in [0, 0.1) is 0 Å². The molecule has 2 atom stereocenters. The van der Waals surface area contributed by atoms with Crippen LogP contribution >= 0.6 is 0 Å². The highest BCUT2D eigenvalue weighted by Gasteiger charge is 2.29. The van der Waals surface area contributed by atoms with Crippen molar-refractivity contribution < 1.29 is 9.47 Å². The van der Waals surface area contributed by atoms with E-state index in [1.165, 1.54) is 12.8 Å². The van der Waals surface area contributed by atoms with E-state index in [1.807, 2.05) is 13.1 Å². The molecule has 2 unspecified atom stereocenters. The minimum atomic E-state index is 0.181. The van der Waals surface area contributed by atoms with E-state index in [2.05, 4.69) is 29.1 Å². The van der Waals surface area contributed by atoms with Gasteiger partial charge in [0.2, 0.25) is 5.88 Å². The lowest BCUT2D eigenvalue weighted by Crippen LogP contribution is -2.35. The van der Waals surface area contributed by atoms with E-state index in [-0.39, 0.29) is 18.3 Å². The van der Waals surface area contributed by atoms with Gasteiger partial charge >= 0.3 is 0 Å². The van der Waals surface area contributed by atoms with Crippen LogP contribution in [0.2, 0.25) is 0 Å². The molecular weight excluding hydrogens is 254 g/mol. The van der Waals surface area contributed by atoms with Gasteiger partial charge in [-0.2, -0.15) is 4.98 Å². The summed E-state index contributed by atoms with van der Waals surface area (Å²) in [6, 6.07) is 1.89. The van der Waals surface area contributed by atoms with Crippen LogP contribution < -0.4 is 10.1 Å². The third kappa shape index (κ3) is 3.20. The summed E-state index contributed by atoms with van der Waals surface area (Å²) in [4.78, 5) is 9.08. The Kier molecular flexibility index (Phi) is 3.78. The van der Waals surface area contributed by atoms with Crippen molar-refractivity contribution >= 4 is 5.82 Å². The number of hydrogen-bond donors (Lipinski definition) is 1. The lowest BCUT2D eigenvalue weighted by molar-refractivity contribution is -0.0730. The van der Waals surface area contributed by atoms with Crippen LogP contribution in [0.4, 0.5) is 5.82 Å². The van der Waals surface area contributed by atoms with E-state index >= 15 is 0 Å². The molecule has 2 fully saturated rings. The van der Waals surface area contributed by atoms with Crippen LogP contribution in [0.1, 0.15) is 51.3 Å². The third-order valence-electron chi connectivity index (χ3n) is 3.86. The molecule has 1 saturated carbocycles. The Morgan fingerprint density at radius 3 is 2.50 bits per heavy atom. The van der Waals surface area contributed by atoms with Crippen LogP contribution in [0.3, 0.4) is 0 Å². The summed E-state index contributed by atoms with van der Waals surface area (Å²) in [6.07, 6.45) is 4.90. The largest absolute Gasteiger partial charge is 0.474 e. The molecule has 0 aromatic carbocycles. The highest BCUT2D eigenvalue weighted by molar-refractivity contribution is 5.38. The molecule has 1 aliphatic heterocycles. The van der Waals surface area contributed by atoms with Gasteiger partial charge in [0, 0.05) is 31.9 Å². The molecule has 1 aliphatic carbocycles. The molecule has 0 amide bonds. The van der Waals surface area contributed by atoms with Crippen molar-refractivity contribution in [2.24, 2.45) is 0 Å². The van der Waals surface area contributed by atoms with Crippen molar-refractivity contribution in [1.29, 1.82) is 0 Å². The first kappa shape index (κ1) is 13.6. The van der Waals surface area contributed by atoms with Gasteiger partial charge in [-0.1, -0.05) is 0 Å². The van der Waals surface area contributed by atoms with Gasteiger partial charge in [0.1, 0.15) is 17.7 Å². The number of rotatable bonds is 4. The third-order valence-corrected chi connectivity index (χ3v) is 3.86. The molecule has 2 aliphatic rings. The van der Waals surface area contributed by atoms with Crippen molar-refractivity contribution in [3.05, 3.63) is 11.9 Å². The van der Waals surface area contributed by atoms with Gasteiger partial charge in [0.05, 0.1) is 12.2 Å². The van der Waals surface area contributed by atoms with Crippen molar-refractivity contribution in [3.8, 4) is 5.88 Å². The molecule has 1 saturated heterocycles. The second-order valence-electron chi connectivity index (χ2n) is 5.94. The number of nitrogens with one attached hydrogen (secondary N) is 1. The molecule has 110 valence electrons. The fourth-order valence-corrected chi connectivity index (χ4v) is 2.77. The van der Waals surface area contributed by atoms with Crippen LogP contribution in [0.15, 0.2) is 6.07 Å². The van der Waals surface area contributed by atoms with Gasteiger partial charge in [-0.05, 0) is 26.7 Å². The fraction of sp³-hybridized carbons (Fsp3) is 0.733. The smallest absolute Gasteiger partial charge is 0.219 e. The van der Waals surface area contributed by atoms with Gasteiger partial charge in [-0.3, -0.25) is 0 Å². The second kappa shape index (κ2) is 5.56. The van der Waals surface area contributed by atoms with Gasteiger partial charge in [-0.25, -0.2) is 4.98 Å². The van der Waals surface area contributed by atoms with E-state index in [1.54, 1.807) is 0 Å². The highest BCUT2D eigenvalue weighted by atomic mass is 16.5. The molecule has 5 nitrogen and oxygen atoms in total. The minimum Gasteiger partial charge on any atom is -0.474 e. The van der Waals surface area contributed by atoms with Crippen LogP contribution in [0.5, 0.6) is 5.88 Å². The van der Waals surface area contributed by atoms with E-state index in [4.69, 9.17) is 9.47 Å². The second-order valence-corrected chi connectivity index (χ2v) is 5.94. The average Bonchev–Trinajstić information content (AvgIpc) is 3.21. The summed E-state index contributed by atoms with van der Waals surface area (Å²) in [7, 11) is 1.88. The molecule has 5 heteroatoms. The standard InChI is InChI=1S/C15H23N3O2/c1-9-6-12(7-10(2)19-9)20-14-8-13(16-3)17-15(18-14)11-4-5-11/h8-12H,4-7H2,1-3H3,(H,16,17,18). The maximum absolute atomic E-state index is 6.09. The number of hydrogen-bond acceptors (Lipinski definition) is 5. The molecule has 0 bridgehead atoms. The predicted octanol–water partition coefficient (Wildman–Crippen LogP) is 2.73. The van der Waals surface area contributed by atoms with E-state index in [0.29, 0.717) is 11.8 Å². The lowest BCUT2D eigenvalue weighted by Gasteiger charge is -2.32. The van der Waals surface area contributed by atoms with Crippen molar-refractivity contribution in [1.82, 2.24) is 9.97 Å². The molecule has 0 radical (unpaired) electrons. The molecule has 1 aromatic rings. The Bertz CT molecular complexity index is 466. The first-order valence-electron chi connectivity index (χ1n) is 7.53. The fourth-order valence-electron chi connectivity index (χ4n) is 2.77. The van der Waals surface area contributed by atoms with E-state index in [0.717, 1.165) is 24.5 Å². The predicted molar refractivity (Wildman–Crippen MR) is 77.2 cm³/mol. The average molecular weight is 277 g/mol. The Labute approximate surface area is 120 Å². The van der Waals surface area contributed by atoms with E-state index in [9.17, 15) is 0 Å². The summed E-state index contributed by atoms with van der Waals surface area (Å²) in [5, 5.41) is 3.09. The first-order chi connectivity index (χ1) is 9.64. The number of aromatic nitrogens is 2. The van der Waals surface area contributed by atoms with Crippen LogP contribution in [-0.4, -0.2) is 35.3 Å². The molecular formula is C15H23N3O2. The molecule has 2 heterocycles. The molecule has 1 N–H and O–H groups in total. The summed E-state index contributed by atoms with van der Waals surface area (Å²) in [5.74, 6) is 2.97. The maximum Gasteiger partial charge on any atom is 0.219 e. The summed E-state index contributed by atoms with van der Waals surface area (Å²) in [5.41, 5.74) is 0. The lowest BCUT2D eigenvalue weighted by atomic mass is 10.0. The zero-order chi connectivity index (χ0) is 14.1. The number of nitrogens with zero attached hydrogens (tertiary/aromatic N) is 2. The topological polar surface area (TPSA) is 56.3 Å². The minimum absolute atomic E-state index is 0.181. The quantitative estimate of drug-likeness (QED) is 0.917. The number of ether oxygens (including phenoxy) is 2. The monoisotopic (exact) mass is 277 g/mol. The normalized spacial score (nSPS) is 30.1. The maximum atomic E-state index is 6.09. The molecule has 0 spiro atoms. The summed E-state index contributed by atoms with van der Waals surface area (Å²) in [6.45, 7) is 4.20. The Morgan fingerprint density at radius 2 is 1.90 bits per heavy atom. The summed E-state index contributed by atoms with van der Waals surface area (Å²) >= 11 is 0. The van der Waals surface area contributed by atoms with Crippen molar-refractivity contribution in [2.75, 3.05) is 12.4 Å². The van der Waals surface area contributed by atoms with Gasteiger partial charge in [-0.15, -0.1) is 0 Å². The van der Waals surface area contributed by atoms with Crippen LogP contribution in [0.25, 0.3) is 0 Å². The van der Waals surface area contributed by atoms with Gasteiger partial charge < -0.3 is 14.8 Å². The molecule has 20 heavy (non-hydrogen) atoms. The van der Waals surface area contributed by atoms with Crippen LogP contribution in [-0.2, 0) is 4.74 Å².